The Hall–Kier alpha value is -0.790. The maximum Gasteiger partial charge on any atom is 0.157 e. The predicted molar refractivity (Wildman–Crippen MR) is 51.9 cm³/mol. The molecule has 0 saturated carbocycles. The van der Waals surface area contributed by atoms with Crippen molar-refractivity contribution in [3.63, 3.8) is 0 Å². The Morgan fingerprint density at radius 1 is 1.50 bits per heavy atom. The normalized spacial score (nSPS) is 11.9. The first kappa shape index (κ1) is 11.2. The lowest BCUT2D eigenvalue weighted by molar-refractivity contribution is -0.114. The lowest BCUT2D eigenvalue weighted by atomic mass is 10.2. The third kappa shape index (κ3) is 5.96. The van der Waals surface area contributed by atoms with Gasteiger partial charge in [0.25, 0.3) is 0 Å². The first-order chi connectivity index (χ1) is 5.56. The second-order valence-corrected chi connectivity index (χ2v) is 3.34. The summed E-state index contributed by atoms with van der Waals surface area (Å²) in [6.07, 6.45) is 3.25. The fourth-order valence-electron chi connectivity index (χ4n) is 1.06. The molecule has 1 N–H and O–H groups in total. The van der Waals surface area contributed by atoms with Gasteiger partial charge in [-0.3, -0.25) is 4.79 Å². The molecule has 0 atom stereocenters. The molecule has 0 aliphatic carbocycles. The van der Waals surface area contributed by atoms with E-state index in [9.17, 15) is 4.79 Å². The van der Waals surface area contributed by atoms with E-state index in [1.807, 2.05) is 13.8 Å². The molecule has 2 heteroatoms. The highest BCUT2D eigenvalue weighted by atomic mass is 16.1. The molecule has 0 aliphatic rings. The first-order valence-corrected chi connectivity index (χ1v) is 4.54. The molecule has 70 valence electrons. The van der Waals surface area contributed by atoms with Crippen molar-refractivity contribution >= 4 is 5.78 Å². The quantitative estimate of drug-likeness (QED) is 0.640. The Balaban J connectivity index is 3.89. The third-order valence-electron chi connectivity index (χ3n) is 1.39. The summed E-state index contributed by atoms with van der Waals surface area (Å²) in [4.78, 5) is 11.1. The van der Waals surface area contributed by atoms with Gasteiger partial charge in [0.05, 0.1) is 0 Å². The molecule has 0 aliphatic heterocycles. The molecule has 12 heavy (non-hydrogen) atoms. The van der Waals surface area contributed by atoms with Crippen LogP contribution in [0.5, 0.6) is 0 Å². The Kier molecular flexibility index (Phi) is 5.43. The Labute approximate surface area is 75.0 Å². The summed E-state index contributed by atoms with van der Waals surface area (Å²) >= 11 is 0. The molecule has 0 unspecified atom stereocenters. The third-order valence-corrected chi connectivity index (χ3v) is 1.39. The number of allylic oxidation sites excluding steroid dienone is 2. The molecule has 0 spiro atoms. The summed E-state index contributed by atoms with van der Waals surface area (Å²) in [5, 5.41) is 3.17. The van der Waals surface area contributed by atoms with Gasteiger partial charge in [-0.05, 0) is 33.3 Å². The van der Waals surface area contributed by atoms with Gasteiger partial charge in [0.15, 0.2) is 5.78 Å². The van der Waals surface area contributed by atoms with Crippen molar-refractivity contribution in [2.45, 2.75) is 46.6 Å². The minimum absolute atomic E-state index is 0.211. The highest BCUT2D eigenvalue weighted by Crippen LogP contribution is 1.95. The maximum atomic E-state index is 11.1. The molecule has 0 bridgehead atoms. The zero-order valence-corrected chi connectivity index (χ0v) is 8.48. The summed E-state index contributed by atoms with van der Waals surface area (Å²) in [5.41, 5.74) is 0.962. The summed E-state index contributed by atoms with van der Waals surface area (Å²) in [6.45, 7) is 8.05. The molecule has 0 radical (unpaired) electrons. The zero-order valence-electron chi connectivity index (χ0n) is 8.48. The van der Waals surface area contributed by atoms with Crippen molar-refractivity contribution < 1.29 is 4.79 Å². The summed E-state index contributed by atoms with van der Waals surface area (Å²) < 4.78 is 0. The standard InChI is InChI=1S/C10H19NO/c1-5-6-10(12)7-9(4)11-8(2)3/h7-8,11H,5-6H2,1-4H3/b9-7+. The molecule has 0 fully saturated rings. The minimum atomic E-state index is 0.211. The predicted octanol–water partition coefficient (Wildman–Crippen LogP) is 2.26. The van der Waals surface area contributed by atoms with Crippen LogP contribution in [0, 0.1) is 0 Å². The van der Waals surface area contributed by atoms with Crippen LogP contribution in [0.3, 0.4) is 0 Å². The second kappa shape index (κ2) is 5.81. The van der Waals surface area contributed by atoms with Crippen LogP contribution >= 0.6 is 0 Å². The van der Waals surface area contributed by atoms with Gasteiger partial charge in [0.1, 0.15) is 0 Å². The number of hydrogen-bond acceptors (Lipinski definition) is 2. The van der Waals surface area contributed by atoms with Crippen LogP contribution in [-0.4, -0.2) is 11.8 Å². The van der Waals surface area contributed by atoms with Crippen molar-refractivity contribution in [2.24, 2.45) is 0 Å². The van der Waals surface area contributed by atoms with E-state index in [0.717, 1.165) is 12.1 Å². The van der Waals surface area contributed by atoms with Crippen LogP contribution in [0.2, 0.25) is 0 Å². The van der Waals surface area contributed by atoms with Crippen molar-refractivity contribution in [1.29, 1.82) is 0 Å². The summed E-state index contributed by atoms with van der Waals surface area (Å²) in [7, 11) is 0. The average Bonchev–Trinajstić information content (AvgIpc) is 1.84. The average molecular weight is 169 g/mol. The van der Waals surface area contributed by atoms with Gasteiger partial charge >= 0.3 is 0 Å². The second-order valence-electron chi connectivity index (χ2n) is 3.34. The van der Waals surface area contributed by atoms with E-state index in [4.69, 9.17) is 0 Å². The highest BCUT2D eigenvalue weighted by molar-refractivity contribution is 5.90. The molecular weight excluding hydrogens is 150 g/mol. The van der Waals surface area contributed by atoms with Gasteiger partial charge in [0.2, 0.25) is 0 Å². The molecular formula is C10H19NO. The molecule has 2 nitrogen and oxygen atoms in total. The zero-order chi connectivity index (χ0) is 9.56. The van der Waals surface area contributed by atoms with Crippen LogP contribution in [-0.2, 0) is 4.79 Å². The monoisotopic (exact) mass is 169 g/mol. The van der Waals surface area contributed by atoms with Crippen molar-refractivity contribution in [2.75, 3.05) is 0 Å². The number of hydrogen-bond donors (Lipinski definition) is 1. The molecule has 0 aromatic heterocycles. The van der Waals surface area contributed by atoms with E-state index in [2.05, 4.69) is 19.2 Å². The van der Waals surface area contributed by atoms with E-state index < -0.39 is 0 Å². The van der Waals surface area contributed by atoms with E-state index in [0.29, 0.717) is 12.5 Å². The summed E-state index contributed by atoms with van der Waals surface area (Å²) in [6, 6.07) is 0.399. The van der Waals surface area contributed by atoms with Gasteiger partial charge in [-0.15, -0.1) is 0 Å². The van der Waals surface area contributed by atoms with Crippen molar-refractivity contribution in [3.8, 4) is 0 Å². The number of ketones is 1. The van der Waals surface area contributed by atoms with Crippen LogP contribution in [0.25, 0.3) is 0 Å². The number of carbonyl (C=O) groups excluding carboxylic acids is 1. The number of rotatable bonds is 5. The largest absolute Gasteiger partial charge is 0.386 e. The van der Waals surface area contributed by atoms with Crippen LogP contribution < -0.4 is 5.32 Å². The van der Waals surface area contributed by atoms with Crippen LogP contribution in [0.4, 0.5) is 0 Å². The fourth-order valence-corrected chi connectivity index (χ4v) is 1.06. The highest BCUT2D eigenvalue weighted by Gasteiger charge is 1.97. The molecule has 0 saturated heterocycles. The number of carbonyl (C=O) groups is 1. The Morgan fingerprint density at radius 3 is 2.50 bits per heavy atom. The lowest BCUT2D eigenvalue weighted by Crippen LogP contribution is -2.20. The Morgan fingerprint density at radius 2 is 2.08 bits per heavy atom. The van der Waals surface area contributed by atoms with Gasteiger partial charge in [-0.2, -0.15) is 0 Å². The van der Waals surface area contributed by atoms with Crippen molar-refractivity contribution in [1.82, 2.24) is 5.32 Å². The van der Waals surface area contributed by atoms with Gasteiger partial charge in [0, 0.05) is 18.2 Å². The topological polar surface area (TPSA) is 29.1 Å². The molecule has 0 amide bonds. The van der Waals surface area contributed by atoms with E-state index in [1.165, 1.54) is 0 Å². The van der Waals surface area contributed by atoms with E-state index in [-0.39, 0.29) is 5.78 Å². The van der Waals surface area contributed by atoms with Gasteiger partial charge < -0.3 is 5.32 Å². The molecule has 0 aromatic rings. The molecule has 0 aromatic carbocycles. The van der Waals surface area contributed by atoms with E-state index in [1.54, 1.807) is 6.08 Å². The Bertz CT molecular complexity index is 171. The van der Waals surface area contributed by atoms with Gasteiger partial charge in [-0.1, -0.05) is 6.92 Å². The van der Waals surface area contributed by atoms with Crippen LogP contribution in [0.1, 0.15) is 40.5 Å². The first-order valence-electron chi connectivity index (χ1n) is 4.54. The molecule has 0 rings (SSSR count). The summed E-state index contributed by atoms with van der Waals surface area (Å²) in [5.74, 6) is 0.211. The SMILES string of the molecule is CCCC(=O)/C=C(\C)NC(C)C. The lowest BCUT2D eigenvalue weighted by Gasteiger charge is -2.09. The fraction of sp³-hybridized carbons (Fsp3) is 0.700. The van der Waals surface area contributed by atoms with E-state index >= 15 is 0 Å². The van der Waals surface area contributed by atoms with Crippen molar-refractivity contribution in [3.05, 3.63) is 11.8 Å². The molecule has 0 heterocycles. The number of nitrogens with one attached hydrogen (secondary N) is 1. The minimum Gasteiger partial charge on any atom is -0.386 e. The maximum absolute atomic E-state index is 11.1. The smallest absolute Gasteiger partial charge is 0.157 e. The van der Waals surface area contributed by atoms with Crippen LogP contribution in [0.15, 0.2) is 11.8 Å². The van der Waals surface area contributed by atoms with Gasteiger partial charge in [-0.25, -0.2) is 0 Å².